The lowest BCUT2D eigenvalue weighted by molar-refractivity contribution is -0.137. The molecule has 0 fully saturated rings. The normalized spacial score (nSPS) is 12.1. The summed E-state index contributed by atoms with van der Waals surface area (Å²) in [5, 5.41) is 51.9. The lowest BCUT2D eigenvalue weighted by Gasteiger charge is -2.24. The van der Waals surface area contributed by atoms with Crippen molar-refractivity contribution in [3.63, 3.8) is 0 Å². The van der Waals surface area contributed by atoms with E-state index in [-0.39, 0.29) is 22.4 Å². The van der Waals surface area contributed by atoms with Crippen LogP contribution in [0.5, 0.6) is 0 Å². The van der Waals surface area contributed by atoms with E-state index in [0.29, 0.717) is 56.0 Å². The quantitative estimate of drug-likeness (QED) is 0.129. The summed E-state index contributed by atoms with van der Waals surface area (Å²) in [5.41, 5.74) is 21.0. The standard InChI is InChI=1S/C124H70F3N11/c125-124(126,127)97-70-121(120(136-108-57-25-11-41-87(108)88-42-12-26-58-109(88)136)69-96(97)95-68-119(135-106-55-23-9-39-85(106)86-40-10-24-56-107(86)135)115(65-76(95)73-130)132-100-49-17-3-33-79(100)80-34-4-18-50-101(80)132)138-111-60-28-14-44-92(111)123-90(46-30-62-113(123)138)89-45-29-61-112-122(89)91-43-13-27-59-110(91)137(112)116-64-75(72-129)94(67-118(116)134-104-53-21-7-37-83(104)84-38-8-22-54-105(84)134)93-66-117(133-102-51-19-5-35-81(102)82-36-6-20-52-103(82)133)114(63-74(93)71-128)131-98-47-15-1-31-77(98)78-32-2-16-48-99(78)131/h1-70H. The van der Waals surface area contributed by atoms with Crippen LogP contribution in [-0.4, -0.2) is 36.5 Å². The molecule has 0 unspecified atom stereocenters. The van der Waals surface area contributed by atoms with Gasteiger partial charge in [0.25, 0.3) is 0 Å². The molecule has 28 aromatic rings. The lowest BCUT2D eigenvalue weighted by Crippen LogP contribution is -2.13. The molecule has 0 spiro atoms. The highest BCUT2D eigenvalue weighted by Gasteiger charge is 2.39. The number of benzene rings is 20. The van der Waals surface area contributed by atoms with Crippen LogP contribution >= 0.6 is 0 Å². The minimum Gasteiger partial charge on any atom is -0.307 e. The van der Waals surface area contributed by atoms with Crippen molar-refractivity contribution in [1.82, 2.24) is 36.5 Å². The van der Waals surface area contributed by atoms with Gasteiger partial charge < -0.3 is 36.5 Å². The Bertz CT molecular complexity index is 10100. The molecular weight excluding hydrogens is 1700 g/mol. The molecule has 0 atom stereocenters. The third-order valence-corrected chi connectivity index (χ3v) is 28.8. The molecular formula is C124H70F3N11. The first kappa shape index (κ1) is 77.8. The second-order valence-corrected chi connectivity index (χ2v) is 35.7. The predicted molar refractivity (Wildman–Crippen MR) is 557 cm³/mol. The van der Waals surface area contributed by atoms with E-state index in [9.17, 15) is 15.8 Å². The molecule has 0 saturated heterocycles. The zero-order valence-corrected chi connectivity index (χ0v) is 73.5. The van der Waals surface area contributed by atoms with Crippen LogP contribution in [0.2, 0.25) is 0 Å². The Labute approximate surface area is 784 Å². The molecule has 0 bridgehead atoms. The van der Waals surface area contributed by atoms with Crippen molar-refractivity contribution < 1.29 is 13.2 Å². The van der Waals surface area contributed by atoms with Gasteiger partial charge in [0.15, 0.2) is 0 Å². The molecule has 138 heavy (non-hydrogen) atoms. The van der Waals surface area contributed by atoms with Crippen LogP contribution in [-0.2, 0) is 6.18 Å². The van der Waals surface area contributed by atoms with Crippen LogP contribution in [0.25, 0.3) is 253 Å². The molecule has 20 aromatic carbocycles. The van der Waals surface area contributed by atoms with Gasteiger partial charge in [0.1, 0.15) is 0 Å². The van der Waals surface area contributed by atoms with E-state index in [4.69, 9.17) is 0 Å². The second-order valence-electron chi connectivity index (χ2n) is 35.7. The molecule has 0 N–H and O–H groups in total. The molecule has 8 aromatic heterocycles. The number of rotatable bonds is 11. The van der Waals surface area contributed by atoms with Gasteiger partial charge >= 0.3 is 6.18 Å². The van der Waals surface area contributed by atoms with Crippen molar-refractivity contribution in [2.75, 3.05) is 0 Å². The maximum absolute atomic E-state index is 17.9. The number of aromatic nitrogens is 8. The van der Waals surface area contributed by atoms with Crippen LogP contribution in [0.4, 0.5) is 13.2 Å². The van der Waals surface area contributed by atoms with E-state index in [1.165, 1.54) is 6.07 Å². The Morgan fingerprint density at radius 2 is 0.319 bits per heavy atom. The molecule has 14 heteroatoms. The minimum atomic E-state index is -5.03. The smallest absolute Gasteiger partial charge is 0.307 e. The molecule has 0 aliphatic heterocycles. The summed E-state index contributed by atoms with van der Waals surface area (Å²) in [4.78, 5) is 0. The summed E-state index contributed by atoms with van der Waals surface area (Å²) in [6, 6.07) is 151. The maximum Gasteiger partial charge on any atom is 0.417 e. The summed E-state index contributed by atoms with van der Waals surface area (Å²) >= 11 is 0. The van der Waals surface area contributed by atoms with Gasteiger partial charge in [0.2, 0.25) is 0 Å². The number of hydrogen-bond acceptors (Lipinski definition) is 3. The SMILES string of the molecule is N#Cc1cc(-n2c3ccccc3c3ccccc32)c(-n2c3ccccc3c3ccccc32)cc1-c1cc(-n2c3ccccc3c3ccccc32)c(-n2c3ccccc3c3c(-c4cccc5c4c4ccccc4n5-c4cc(C(F)(F)F)c(-c5cc(-n6c7ccccc7c7ccccc76)c(-n6c7ccccc7c7ccccc76)cc5C#N)cc4-n4c5ccccc5c5ccccc54)cccc32)cc1C#N. The highest BCUT2D eigenvalue weighted by atomic mass is 19.4. The van der Waals surface area contributed by atoms with E-state index < -0.39 is 11.7 Å². The predicted octanol–water partition coefficient (Wildman–Crippen LogP) is 32.1. The first-order valence-corrected chi connectivity index (χ1v) is 46.0. The number of para-hydroxylation sites is 14. The Balaban J connectivity index is 0.697. The van der Waals surface area contributed by atoms with Crippen LogP contribution in [0.1, 0.15) is 22.3 Å². The van der Waals surface area contributed by atoms with E-state index in [1.54, 1.807) is 12.1 Å². The topological polar surface area (TPSA) is 111 Å². The van der Waals surface area contributed by atoms with Gasteiger partial charge in [-0.15, -0.1) is 0 Å². The monoisotopic (exact) mass is 1770 g/mol. The third kappa shape index (κ3) is 11.0. The number of halogens is 3. The third-order valence-electron chi connectivity index (χ3n) is 28.8. The summed E-state index contributed by atoms with van der Waals surface area (Å²) in [6.45, 7) is 0. The van der Waals surface area contributed by atoms with Crippen molar-refractivity contribution in [3.05, 3.63) is 447 Å². The minimum absolute atomic E-state index is 0.0444. The van der Waals surface area contributed by atoms with Crippen molar-refractivity contribution in [2.45, 2.75) is 6.18 Å². The molecule has 0 saturated carbocycles. The number of nitriles is 3. The molecule has 0 radical (unpaired) electrons. The fourth-order valence-corrected chi connectivity index (χ4v) is 23.2. The van der Waals surface area contributed by atoms with E-state index in [2.05, 4.69) is 317 Å². The number of alkyl halides is 3. The average molecular weight is 1770 g/mol. The van der Waals surface area contributed by atoms with Crippen molar-refractivity contribution in [2.24, 2.45) is 0 Å². The Morgan fingerprint density at radius 1 is 0.159 bits per heavy atom. The summed E-state index contributed by atoms with van der Waals surface area (Å²) < 4.78 is 71.2. The van der Waals surface area contributed by atoms with Crippen molar-refractivity contribution in [1.29, 1.82) is 15.8 Å². The number of fused-ring (bicyclic) bond motifs is 24. The van der Waals surface area contributed by atoms with Crippen LogP contribution < -0.4 is 0 Å². The molecule has 0 amide bonds. The Hall–Kier alpha value is -18.9. The van der Waals surface area contributed by atoms with E-state index in [1.807, 2.05) is 144 Å². The zero-order valence-electron chi connectivity index (χ0n) is 73.5. The summed E-state index contributed by atoms with van der Waals surface area (Å²) in [7, 11) is 0. The molecule has 0 aliphatic rings. The largest absolute Gasteiger partial charge is 0.417 e. The summed E-state index contributed by atoms with van der Waals surface area (Å²) in [5.74, 6) is 0. The molecule has 11 nitrogen and oxygen atoms in total. The highest BCUT2D eigenvalue weighted by Crippen LogP contribution is 2.53. The van der Waals surface area contributed by atoms with Crippen LogP contribution in [0, 0.1) is 34.0 Å². The van der Waals surface area contributed by atoms with Gasteiger partial charge in [0, 0.05) is 103 Å². The second kappa shape index (κ2) is 29.5. The zero-order chi connectivity index (χ0) is 91.6. The highest BCUT2D eigenvalue weighted by molar-refractivity contribution is 6.24. The van der Waals surface area contributed by atoms with E-state index >= 15 is 13.2 Å². The van der Waals surface area contributed by atoms with Gasteiger partial charge in [-0.1, -0.05) is 279 Å². The van der Waals surface area contributed by atoms with Gasteiger partial charge in [-0.25, -0.2) is 0 Å². The lowest BCUT2D eigenvalue weighted by atomic mass is 9.92. The number of nitrogens with zero attached hydrogens (tertiary/aromatic N) is 11. The molecule has 642 valence electrons. The Morgan fingerprint density at radius 3 is 0.529 bits per heavy atom. The van der Waals surface area contributed by atoms with Gasteiger partial charge in [-0.3, -0.25) is 0 Å². The molecule has 28 rings (SSSR count). The molecule has 8 heterocycles. The fourth-order valence-electron chi connectivity index (χ4n) is 23.2. The fraction of sp³-hybridized carbons (Fsp3) is 0.00806. The first-order chi connectivity index (χ1) is 68.1. The van der Waals surface area contributed by atoms with Gasteiger partial charge in [-0.2, -0.15) is 29.0 Å². The van der Waals surface area contributed by atoms with Crippen LogP contribution in [0.15, 0.2) is 425 Å². The van der Waals surface area contributed by atoms with Gasteiger partial charge in [-0.05, 0) is 162 Å². The van der Waals surface area contributed by atoms with Crippen molar-refractivity contribution >= 4 is 174 Å². The average Bonchev–Trinajstić information content (AvgIpc) is 1.54. The number of hydrogen-bond donors (Lipinski definition) is 0. The first-order valence-electron chi connectivity index (χ1n) is 46.0. The summed E-state index contributed by atoms with van der Waals surface area (Å²) in [6.07, 6.45) is -5.03. The maximum atomic E-state index is 17.9. The van der Waals surface area contributed by atoms with Crippen LogP contribution in [0.3, 0.4) is 0 Å². The van der Waals surface area contributed by atoms with E-state index in [0.717, 1.165) is 192 Å². The van der Waals surface area contributed by atoms with Gasteiger partial charge in [0.05, 0.1) is 174 Å². The molecule has 0 aliphatic carbocycles. The Kier molecular flexibility index (Phi) is 16.6. The van der Waals surface area contributed by atoms with Crippen molar-refractivity contribution in [3.8, 4) is 97.1 Å².